The van der Waals surface area contributed by atoms with Gasteiger partial charge < -0.3 is 15.2 Å². The van der Waals surface area contributed by atoms with Crippen molar-refractivity contribution >= 4 is 0 Å². The average molecular weight is 275 g/mol. The van der Waals surface area contributed by atoms with Crippen LogP contribution >= 0.6 is 0 Å². The van der Waals surface area contributed by atoms with Crippen LogP contribution in [0.5, 0.6) is 5.75 Å². The summed E-state index contributed by atoms with van der Waals surface area (Å²) in [7, 11) is 1.44. The molecule has 0 spiro atoms. The van der Waals surface area contributed by atoms with Gasteiger partial charge in [-0.05, 0) is 23.3 Å². The fourth-order valence-corrected chi connectivity index (χ4v) is 2.03. The predicted octanol–water partition coefficient (Wildman–Crippen LogP) is 2.66. The standard InChI is InChI=1S/C16H18FNO2/c1-20-16-8-7-12(9-14(16)17)10-18-15(11-19)13-5-3-2-4-6-13/h2-9,15,18-19H,10-11H2,1H3. The second kappa shape index (κ2) is 7.03. The van der Waals surface area contributed by atoms with Gasteiger partial charge in [0.25, 0.3) is 0 Å². The molecule has 0 amide bonds. The molecular weight excluding hydrogens is 257 g/mol. The Hall–Kier alpha value is -1.91. The molecule has 0 saturated heterocycles. The minimum Gasteiger partial charge on any atom is -0.494 e. The molecule has 0 aromatic heterocycles. The lowest BCUT2D eigenvalue weighted by atomic mass is 10.1. The summed E-state index contributed by atoms with van der Waals surface area (Å²) >= 11 is 0. The Balaban J connectivity index is 2.02. The highest BCUT2D eigenvalue weighted by atomic mass is 19.1. The molecule has 0 fully saturated rings. The van der Waals surface area contributed by atoms with Crippen LogP contribution in [0.25, 0.3) is 0 Å². The number of methoxy groups -OCH3 is 1. The summed E-state index contributed by atoms with van der Waals surface area (Å²) in [5, 5.41) is 12.6. The van der Waals surface area contributed by atoms with Crippen molar-refractivity contribution in [2.75, 3.05) is 13.7 Å². The van der Waals surface area contributed by atoms with Gasteiger partial charge in [-0.2, -0.15) is 0 Å². The molecule has 20 heavy (non-hydrogen) atoms. The van der Waals surface area contributed by atoms with Crippen LogP contribution in [0.1, 0.15) is 17.2 Å². The zero-order valence-electron chi connectivity index (χ0n) is 11.3. The third kappa shape index (κ3) is 3.56. The SMILES string of the molecule is COc1ccc(CNC(CO)c2ccccc2)cc1F. The summed E-state index contributed by atoms with van der Waals surface area (Å²) in [4.78, 5) is 0. The van der Waals surface area contributed by atoms with Crippen molar-refractivity contribution in [3.05, 3.63) is 65.5 Å². The predicted molar refractivity (Wildman–Crippen MR) is 76.1 cm³/mol. The van der Waals surface area contributed by atoms with E-state index in [0.717, 1.165) is 11.1 Å². The Bertz CT molecular complexity index is 545. The molecule has 3 nitrogen and oxygen atoms in total. The maximum absolute atomic E-state index is 13.6. The van der Waals surface area contributed by atoms with Gasteiger partial charge in [0, 0.05) is 6.54 Å². The average Bonchev–Trinajstić information content (AvgIpc) is 2.49. The van der Waals surface area contributed by atoms with Crippen molar-refractivity contribution in [1.82, 2.24) is 5.32 Å². The highest BCUT2D eigenvalue weighted by Crippen LogP contribution is 2.18. The minimum atomic E-state index is -0.382. The fourth-order valence-electron chi connectivity index (χ4n) is 2.03. The van der Waals surface area contributed by atoms with E-state index in [4.69, 9.17) is 4.74 Å². The normalized spacial score (nSPS) is 12.2. The molecule has 4 heteroatoms. The molecule has 2 aromatic carbocycles. The first-order chi connectivity index (χ1) is 9.74. The Morgan fingerprint density at radius 2 is 1.95 bits per heavy atom. The van der Waals surface area contributed by atoms with E-state index in [-0.39, 0.29) is 24.2 Å². The molecule has 106 valence electrons. The Morgan fingerprint density at radius 3 is 2.55 bits per heavy atom. The van der Waals surface area contributed by atoms with Crippen LogP contribution < -0.4 is 10.1 Å². The van der Waals surface area contributed by atoms with E-state index in [1.165, 1.54) is 13.2 Å². The van der Waals surface area contributed by atoms with Crippen LogP contribution in [-0.2, 0) is 6.54 Å². The lowest BCUT2D eigenvalue weighted by Crippen LogP contribution is -2.24. The van der Waals surface area contributed by atoms with Crippen LogP contribution in [0.4, 0.5) is 4.39 Å². The summed E-state index contributed by atoms with van der Waals surface area (Å²) in [6.07, 6.45) is 0. The first-order valence-corrected chi connectivity index (χ1v) is 6.46. The van der Waals surface area contributed by atoms with Crippen molar-refractivity contribution in [2.45, 2.75) is 12.6 Å². The third-order valence-electron chi connectivity index (χ3n) is 3.15. The lowest BCUT2D eigenvalue weighted by Gasteiger charge is -2.17. The number of aliphatic hydroxyl groups excluding tert-OH is 1. The Morgan fingerprint density at radius 1 is 1.20 bits per heavy atom. The van der Waals surface area contributed by atoms with E-state index < -0.39 is 0 Å². The summed E-state index contributed by atoms with van der Waals surface area (Å²) in [5.74, 6) is -0.150. The van der Waals surface area contributed by atoms with Crippen LogP contribution in [-0.4, -0.2) is 18.8 Å². The van der Waals surface area contributed by atoms with Gasteiger partial charge in [0.2, 0.25) is 0 Å². The van der Waals surface area contributed by atoms with E-state index in [9.17, 15) is 9.50 Å². The molecule has 0 aliphatic heterocycles. The van der Waals surface area contributed by atoms with Gasteiger partial charge >= 0.3 is 0 Å². The molecular formula is C16H18FNO2. The largest absolute Gasteiger partial charge is 0.494 e. The van der Waals surface area contributed by atoms with Crippen LogP contribution in [0.3, 0.4) is 0 Å². The van der Waals surface area contributed by atoms with E-state index in [2.05, 4.69) is 5.32 Å². The number of hydrogen-bond acceptors (Lipinski definition) is 3. The van der Waals surface area contributed by atoms with E-state index in [1.54, 1.807) is 12.1 Å². The number of rotatable bonds is 6. The first kappa shape index (κ1) is 14.5. The molecule has 0 aliphatic rings. The molecule has 0 saturated carbocycles. The summed E-state index contributed by atoms with van der Waals surface area (Å²) < 4.78 is 18.5. The van der Waals surface area contributed by atoms with Crippen molar-refractivity contribution in [2.24, 2.45) is 0 Å². The molecule has 2 N–H and O–H groups in total. The van der Waals surface area contributed by atoms with Gasteiger partial charge in [-0.15, -0.1) is 0 Å². The maximum atomic E-state index is 13.6. The van der Waals surface area contributed by atoms with Crippen molar-refractivity contribution < 1.29 is 14.2 Å². The number of aliphatic hydroxyl groups is 1. The number of nitrogens with one attached hydrogen (secondary N) is 1. The Kier molecular flexibility index (Phi) is 5.09. The van der Waals surface area contributed by atoms with Crippen molar-refractivity contribution in [1.29, 1.82) is 0 Å². The van der Waals surface area contributed by atoms with Gasteiger partial charge in [-0.1, -0.05) is 36.4 Å². The number of halogens is 1. The summed E-state index contributed by atoms with van der Waals surface area (Å²) in [6.45, 7) is 0.462. The summed E-state index contributed by atoms with van der Waals surface area (Å²) in [5.41, 5.74) is 1.81. The van der Waals surface area contributed by atoms with Crippen molar-refractivity contribution in [3.8, 4) is 5.75 Å². The molecule has 2 rings (SSSR count). The zero-order chi connectivity index (χ0) is 14.4. The Labute approximate surface area is 118 Å². The van der Waals surface area contributed by atoms with Crippen LogP contribution in [0.15, 0.2) is 48.5 Å². The molecule has 1 unspecified atom stereocenters. The van der Waals surface area contributed by atoms with Gasteiger partial charge in [-0.25, -0.2) is 4.39 Å². The second-order valence-corrected chi connectivity index (χ2v) is 4.50. The molecule has 0 heterocycles. The van der Waals surface area contributed by atoms with Gasteiger partial charge in [0.05, 0.1) is 19.8 Å². The topological polar surface area (TPSA) is 41.5 Å². The van der Waals surface area contributed by atoms with Crippen molar-refractivity contribution in [3.63, 3.8) is 0 Å². The third-order valence-corrected chi connectivity index (χ3v) is 3.15. The highest BCUT2D eigenvalue weighted by Gasteiger charge is 2.10. The number of benzene rings is 2. The number of hydrogen-bond donors (Lipinski definition) is 2. The molecule has 0 radical (unpaired) electrons. The quantitative estimate of drug-likeness (QED) is 0.851. The highest BCUT2D eigenvalue weighted by molar-refractivity contribution is 5.29. The second-order valence-electron chi connectivity index (χ2n) is 4.50. The van der Waals surface area contributed by atoms with E-state index >= 15 is 0 Å². The summed E-state index contributed by atoms with van der Waals surface area (Å²) in [6, 6.07) is 14.3. The van der Waals surface area contributed by atoms with Gasteiger partial charge in [0.15, 0.2) is 11.6 Å². The van der Waals surface area contributed by atoms with Gasteiger partial charge in [-0.3, -0.25) is 0 Å². The molecule has 0 aliphatic carbocycles. The van der Waals surface area contributed by atoms with E-state index in [1.807, 2.05) is 30.3 Å². The smallest absolute Gasteiger partial charge is 0.165 e. The monoisotopic (exact) mass is 275 g/mol. The zero-order valence-corrected chi connectivity index (χ0v) is 11.3. The van der Waals surface area contributed by atoms with Gasteiger partial charge in [0.1, 0.15) is 0 Å². The molecule has 1 atom stereocenters. The minimum absolute atomic E-state index is 0.0113. The van der Waals surface area contributed by atoms with Crippen LogP contribution in [0.2, 0.25) is 0 Å². The lowest BCUT2D eigenvalue weighted by molar-refractivity contribution is 0.243. The van der Waals surface area contributed by atoms with E-state index in [0.29, 0.717) is 6.54 Å². The fraction of sp³-hybridized carbons (Fsp3) is 0.250. The number of ether oxygens (including phenoxy) is 1. The maximum Gasteiger partial charge on any atom is 0.165 e. The molecule has 0 bridgehead atoms. The van der Waals surface area contributed by atoms with Crippen LogP contribution in [0, 0.1) is 5.82 Å². The molecule has 2 aromatic rings. The first-order valence-electron chi connectivity index (χ1n) is 6.46.